The maximum Gasteiger partial charge on any atom is 0.339 e. The Morgan fingerprint density at radius 1 is 1.04 bits per heavy atom. The van der Waals surface area contributed by atoms with Gasteiger partial charge in [-0.25, -0.2) is 4.79 Å². The van der Waals surface area contributed by atoms with Crippen molar-refractivity contribution in [3.63, 3.8) is 0 Å². The summed E-state index contributed by atoms with van der Waals surface area (Å²) in [6, 6.07) is 4.83. The number of carboxylic acids is 1. The standard InChI is InChI=1S/C21H20O6/c1-26-15-9-8-11(10-12(15)21(24)25)18-19-13(22)4-2-6-16(19)27-17-7-3-5-14(23)20(17)18/h8-10,18H,2-7H2,1H3,(H,24,25). The number of benzene rings is 1. The van der Waals surface area contributed by atoms with Crippen LogP contribution in [0.3, 0.4) is 0 Å². The molecule has 4 rings (SSSR count). The second-order valence-corrected chi connectivity index (χ2v) is 7.03. The van der Waals surface area contributed by atoms with Gasteiger partial charge in [0.15, 0.2) is 11.6 Å². The van der Waals surface area contributed by atoms with Gasteiger partial charge in [-0.05, 0) is 30.5 Å². The van der Waals surface area contributed by atoms with Gasteiger partial charge in [-0.1, -0.05) is 6.07 Å². The molecule has 0 aromatic heterocycles. The number of carbonyl (C=O) groups excluding carboxylic acids is 2. The zero-order valence-corrected chi connectivity index (χ0v) is 15.0. The number of ketones is 2. The Hall–Kier alpha value is -2.89. The Morgan fingerprint density at radius 2 is 1.63 bits per heavy atom. The number of methoxy groups -OCH3 is 1. The van der Waals surface area contributed by atoms with E-state index >= 15 is 0 Å². The van der Waals surface area contributed by atoms with Gasteiger partial charge in [-0.2, -0.15) is 0 Å². The van der Waals surface area contributed by atoms with E-state index in [1.807, 2.05) is 0 Å². The fraction of sp³-hybridized carbons (Fsp3) is 0.381. The highest BCUT2D eigenvalue weighted by atomic mass is 16.5. The highest BCUT2D eigenvalue weighted by Gasteiger charge is 2.42. The Morgan fingerprint density at radius 3 is 2.15 bits per heavy atom. The number of aromatic carboxylic acids is 1. The summed E-state index contributed by atoms with van der Waals surface area (Å²) in [6.45, 7) is 0. The highest BCUT2D eigenvalue weighted by Crippen LogP contribution is 2.48. The molecule has 0 amide bonds. The number of rotatable bonds is 3. The van der Waals surface area contributed by atoms with E-state index in [9.17, 15) is 19.5 Å². The molecule has 0 unspecified atom stereocenters. The second kappa shape index (κ2) is 6.68. The first kappa shape index (κ1) is 17.5. The quantitative estimate of drug-likeness (QED) is 0.878. The summed E-state index contributed by atoms with van der Waals surface area (Å²) in [4.78, 5) is 37.1. The van der Waals surface area contributed by atoms with Crippen LogP contribution in [-0.2, 0) is 14.3 Å². The lowest BCUT2D eigenvalue weighted by atomic mass is 9.73. The third-order valence-electron chi connectivity index (χ3n) is 5.43. The Kier molecular flexibility index (Phi) is 4.34. The Labute approximate surface area is 156 Å². The lowest BCUT2D eigenvalue weighted by Crippen LogP contribution is -2.30. The summed E-state index contributed by atoms with van der Waals surface area (Å²) in [7, 11) is 1.41. The monoisotopic (exact) mass is 368 g/mol. The lowest BCUT2D eigenvalue weighted by molar-refractivity contribution is -0.117. The molecule has 0 saturated heterocycles. The van der Waals surface area contributed by atoms with E-state index in [1.54, 1.807) is 12.1 Å². The smallest absolute Gasteiger partial charge is 0.339 e. The van der Waals surface area contributed by atoms with E-state index in [4.69, 9.17) is 9.47 Å². The Bertz CT molecular complexity index is 879. The van der Waals surface area contributed by atoms with Crippen molar-refractivity contribution in [2.24, 2.45) is 0 Å². The van der Waals surface area contributed by atoms with Crippen LogP contribution in [0.25, 0.3) is 0 Å². The molecule has 1 aromatic rings. The minimum Gasteiger partial charge on any atom is -0.496 e. The van der Waals surface area contributed by atoms with Crippen molar-refractivity contribution in [1.82, 2.24) is 0 Å². The summed E-state index contributed by atoms with van der Waals surface area (Å²) < 4.78 is 11.1. The van der Waals surface area contributed by atoms with Crippen LogP contribution in [0, 0.1) is 0 Å². The van der Waals surface area contributed by atoms with Crippen molar-refractivity contribution >= 4 is 17.5 Å². The van der Waals surface area contributed by atoms with Crippen molar-refractivity contribution in [2.45, 2.75) is 44.4 Å². The fourth-order valence-electron chi connectivity index (χ4n) is 4.22. The van der Waals surface area contributed by atoms with Gasteiger partial charge in [0.2, 0.25) is 0 Å². The van der Waals surface area contributed by atoms with E-state index in [1.165, 1.54) is 13.2 Å². The van der Waals surface area contributed by atoms with Gasteiger partial charge in [0.25, 0.3) is 0 Å². The number of allylic oxidation sites excluding steroid dienone is 4. The van der Waals surface area contributed by atoms with Crippen LogP contribution in [-0.4, -0.2) is 29.8 Å². The molecule has 6 nitrogen and oxygen atoms in total. The van der Waals surface area contributed by atoms with Gasteiger partial charge in [0, 0.05) is 42.7 Å². The highest BCUT2D eigenvalue weighted by molar-refractivity contribution is 6.06. The zero-order valence-electron chi connectivity index (χ0n) is 15.0. The molecule has 0 fully saturated rings. The van der Waals surface area contributed by atoms with Gasteiger partial charge in [0.1, 0.15) is 22.8 Å². The molecule has 140 valence electrons. The predicted molar refractivity (Wildman–Crippen MR) is 95.5 cm³/mol. The first-order chi connectivity index (χ1) is 13.0. The Balaban J connectivity index is 1.92. The summed E-state index contributed by atoms with van der Waals surface area (Å²) in [5, 5.41) is 9.53. The molecule has 3 aliphatic rings. The van der Waals surface area contributed by atoms with Crippen LogP contribution < -0.4 is 4.74 Å². The third kappa shape index (κ3) is 2.85. The summed E-state index contributed by atoms with van der Waals surface area (Å²) in [5.41, 5.74) is 1.65. The van der Waals surface area contributed by atoms with Crippen molar-refractivity contribution in [2.75, 3.05) is 7.11 Å². The van der Waals surface area contributed by atoms with Gasteiger partial charge >= 0.3 is 5.97 Å². The van der Waals surface area contributed by atoms with E-state index in [-0.39, 0.29) is 22.9 Å². The topological polar surface area (TPSA) is 89.9 Å². The van der Waals surface area contributed by atoms with Gasteiger partial charge < -0.3 is 14.6 Å². The number of ether oxygens (including phenoxy) is 2. The fourth-order valence-corrected chi connectivity index (χ4v) is 4.22. The van der Waals surface area contributed by atoms with E-state index in [0.717, 1.165) is 12.8 Å². The number of carbonyl (C=O) groups is 3. The summed E-state index contributed by atoms with van der Waals surface area (Å²) in [5.74, 6) is -0.221. The maximum absolute atomic E-state index is 12.7. The molecule has 1 aromatic carbocycles. The molecule has 1 heterocycles. The van der Waals surface area contributed by atoms with E-state index < -0.39 is 11.9 Å². The first-order valence-corrected chi connectivity index (χ1v) is 9.12. The van der Waals surface area contributed by atoms with Crippen molar-refractivity contribution in [3.05, 3.63) is 52.0 Å². The van der Waals surface area contributed by atoms with Crippen LogP contribution >= 0.6 is 0 Å². The maximum atomic E-state index is 12.7. The van der Waals surface area contributed by atoms with E-state index in [0.29, 0.717) is 53.9 Å². The van der Waals surface area contributed by atoms with Crippen molar-refractivity contribution in [1.29, 1.82) is 0 Å². The molecule has 0 radical (unpaired) electrons. The van der Waals surface area contributed by atoms with Crippen molar-refractivity contribution < 1.29 is 29.0 Å². The molecule has 1 aliphatic heterocycles. The van der Waals surface area contributed by atoms with Crippen LogP contribution in [0.2, 0.25) is 0 Å². The third-order valence-corrected chi connectivity index (χ3v) is 5.43. The molecule has 1 N–H and O–H groups in total. The SMILES string of the molecule is COc1ccc(C2C3=C(CCCC3=O)OC3=C2C(=O)CCC3)cc1C(=O)O. The van der Waals surface area contributed by atoms with Gasteiger partial charge in [0.05, 0.1) is 7.11 Å². The molecular formula is C21H20O6. The number of hydrogen-bond acceptors (Lipinski definition) is 5. The van der Waals surface area contributed by atoms with E-state index in [2.05, 4.69) is 0 Å². The predicted octanol–water partition coefficient (Wildman–Crippen LogP) is 3.52. The summed E-state index contributed by atoms with van der Waals surface area (Å²) in [6.07, 6.45) is 3.59. The molecule has 6 heteroatoms. The average Bonchev–Trinajstić information content (AvgIpc) is 2.66. The van der Waals surface area contributed by atoms with Gasteiger partial charge in [-0.15, -0.1) is 0 Å². The lowest BCUT2D eigenvalue weighted by Gasteiger charge is -2.36. The molecule has 0 spiro atoms. The number of hydrogen-bond donors (Lipinski definition) is 1. The molecule has 27 heavy (non-hydrogen) atoms. The normalized spacial score (nSPS) is 20.2. The molecule has 0 saturated carbocycles. The first-order valence-electron chi connectivity index (χ1n) is 9.12. The van der Waals surface area contributed by atoms with Crippen LogP contribution in [0.4, 0.5) is 0 Å². The van der Waals surface area contributed by atoms with Crippen LogP contribution in [0.5, 0.6) is 5.75 Å². The minimum absolute atomic E-state index is 0.0114. The van der Waals surface area contributed by atoms with Crippen molar-refractivity contribution in [3.8, 4) is 5.75 Å². The number of carboxylic acid groups (broad SMARTS) is 1. The zero-order chi connectivity index (χ0) is 19.1. The van der Waals surface area contributed by atoms with Gasteiger partial charge in [-0.3, -0.25) is 9.59 Å². The van der Waals surface area contributed by atoms with Crippen LogP contribution in [0.1, 0.15) is 60.4 Å². The minimum atomic E-state index is -1.12. The van der Waals surface area contributed by atoms with Crippen LogP contribution in [0.15, 0.2) is 40.9 Å². The average molecular weight is 368 g/mol. The number of Topliss-reactive ketones (excluding diaryl/α,β-unsaturated/α-hetero) is 2. The molecule has 0 atom stereocenters. The molecule has 0 bridgehead atoms. The largest absolute Gasteiger partial charge is 0.496 e. The molecule has 2 aliphatic carbocycles. The summed E-state index contributed by atoms with van der Waals surface area (Å²) >= 11 is 0. The molecular weight excluding hydrogens is 348 g/mol. The second-order valence-electron chi connectivity index (χ2n) is 7.03.